The van der Waals surface area contributed by atoms with Crippen LogP contribution in [-0.4, -0.2) is 98.1 Å². The van der Waals surface area contributed by atoms with Gasteiger partial charge in [-0.1, -0.05) is 0 Å². The Morgan fingerprint density at radius 3 is 2.53 bits per heavy atom. The molecule has 18 nitrogen and oxygen atoms in total. The molecule has 2 fully saturated rings. The number of aromatic nitrogens is 6. The second kappa shape index (κ2) is 11.8. The quantitative estimate of drug-likeness (QED) is 0.0852. The molecule has 4 aromatic heterocycles. The fourth-order valence-corrected chi connectivity index (χ4v) is 5.77. The minimum atomic E-state index is -3.55. The molecule has 2 unspecified atom stereocenters. The zero-order chi connectivity index (χ0) is 32.8. The number of halogens is 1. The third kappa shape index (κ3) is 5.38. The number of nitrogens with one attached hydrogen (secondary N) is 1. The van der Waals surface area contributed by atoms with Crippen molar-refractivity contribution in [2.24, 2.45) is 5.73 Å². The van der Waals surface area contributed by atoms with Crippen LogP contribution in [0.15, 0.2) is 29.2 Å². The average Bonchev–Trinajstić information content (AvgIpc) is 3.51. The molecule has 19 heteroatoms. The van der Waals surface area contributed by atoms with Crippen molar-refractivity contribution in [3.05, 3.63) is 46.4 Å². The number of rotatable bonds is 8. The summed E-state index contributed by atoms with van der Waals surface area (Å²) in [4.78, 5) is 50.9. The number of nitrogens with two attached hydrogens (primary N) is 1. The molecule has 0 spiro atoms. The highest BCUT2D eigenvalue weighted by Gasteiger charge is 2.54. The zero-order valence-corrected chi connectivity index (χ0v) is 24.1. The molecule has 2 atom stereocenters. The molecule has 1 saturated carbocycles. The van der Waals surface area contributed by atoms with Crippen LogP contribution in [-0.2, 0) is 25.9 Å². The van der Waals surface area contributed by atoms with Crippen molar-refractivity contribution in [1.82, 2.24) is 33.8 Å². The fourth-order valence-electron chi connectivity index (χ4n) is 5.77. The third-order valence-electron chi connectivity index (χ3n) is 7.86. The summed E-state index contributed by atoms with van der Waals surface area (Å²) in [6.45, 7) is 1.56. The van der Waals surface area contributed by atoms with Crippen LogP contribution < -0.4 is 16.7 Å². The van der Waals surface area contributed by atoms with Crippen LogP contribution in [0.1, 0.15) is 49.9 Å². The number of primary amides is 1. The van der Waals surface area contributed by atoms with E-state index < -0.39 is 41.4 Å². The van der Waals surface area contributed by atoms with Gasteiger partial charge in [0.15, 0.2) is 5.82 Å². The third-order valence-corrected chi connectivity index (χ3v) is 7.86. The number of alkyl halides is 1. The smallest absolute Gasteiger partial charge is 0.377 e. The van der Waals surface area contributed by atoms with E-state index in [0.29, 0.717) is 22.9 Å². The maximum absolute atomic E-state index is 14.0. The Hall–Kier alpha value is -4.53. The maximum Gasteiger partial charge on any atom is 0.377 e. The molecular weight excluding hydrogens is 601 g/mol. The summed E-state index contributed by atoms with van der Waals surface area (Å²) >= 11 is 0. The van der Waals surface area contributed by atoms with E-state index in [1.54, 1.807) is 12.1 Å². The first-order valence-electron chi connectivity index (χ1n) is 13.7. The highest BCUT2D eigenvalue weighted by atomic mass is 19.1. The highest BCUT2D eigenvalue weighted by Crippen LogP contribution is 2.45. The minimum Gasteiger partial charge on any atom is -0.400 e. The molecule has 45 heavy (non-hydrogen) atoms. The van der Waals surface area contributed by atoms with Crippen LogP contribution in [0.2, 0.25) is 0 Å². The Morgan fingerprint density at radius 2 is 1.93 bits per heavy atom. The number of hydrogen-bond acceptors (Lipinski definition) is 13. The molecular formula is C26H32FN9O9. The number of anilines is 2. The molecule has 8 N–H and O–H groups in total. The summed E-state index contributed by atoms with van der Waals surface area (Å²) in [6, 6.07) is 3.90. The van der Waals surface area contributed by atoms with Gasteiger partial charge in [-0.3, -0.25) is 19.0 Å². The average molecular weight is 634 g/mol. The van der Waals surface area contributed by atoms with Crippen molar-refractivity contribution in [1.29, 1.82) is 0 Å². The molecule has 1 aliphatic heterocycles. The number of carbonyl (C=O) groups excluding carboxylic acids is 2. The first-order chi connectivity index (χ1) is 21.3. The van der Waals surface area contributed by atoms with Gasteiger partial charge in [0.2, 0.25) is 12.3 Å². The lowest BCUT2D eigenvalue weighted by atomic mass is 9.66. The first-order valence-corrected chi connectivity index (χ1v) is 13.7. The summed E-state index contributed by atoms with van der Waals surface area (Å²) in [5, 5.41) is 55.6. The number of imidazole rings is 2. The number of nitrogens with zero attached hydrogens (tertiary/aromatic N) is 7. The Kier molecular flexibility index (Phi) is 8.33. The summed E-state index contributed by atoms with van der Waals surface area (Å²) in [5.41, 5.74) is 3.89. The standard InChI is InChI=1S/C25H28FN9O8.CH4O/c1-12(37)20-15-2-3-18(31-35(15)22(30-20)24(21(27)38)7-13(26)8-24)29-19-6-16-17(9-28-19)34(25(40,41)42)23(39)33(16)14-4-5-43-32(10-14)11-36;1-2/h2-3,6,9,11-14,37,40-42H,4-5,7-8,10H2,1H3,(H2,27,38)(H,28,29,31);2H,1H3. The maximum atomic E-state index is 14.0. The van der Waals surface area contributed by atoms with Gasteiger partial charge in [0.25, 0.3) is 0 Å². The molecule has 2 aliphatic rings. The number of hydrogen-bond donors (Lipinski definition) is 7. The van der Waals surface area contributed by atoms with Gasteiger partial charge >= 0.3 is 11.8 Å². The monoisotopic (exact) mass is 633 g/mol. The fraction of sp³-hybridized carbons (Fsp3) is 0.462. The highest BCUT2D eigenvalue weighted by molar-refractivity contribution is 5.87. The van der Waals surface area contributed by atoms with Gasteiger partial charge in [0.05, 0.1) is 53.7 Å². The molecule has 0 bridgehead atoms. The zero-order valence-electron chi connectivity index (χ0n) is 24.1. The number of aliphatic hydroxyl groups excluding tert-OH is 2. The van der Waals surface area contributed by atoms with Crippen molar-refractivity contribution < 1.29 is 44.3 Å². The van der Waals surface area contributed by atoms with Crippen molar-refractivity contribution in [2.45, 2.75) is 56.0 Å². The number of carbonyl (C=O) groups is 2. The van der Waals surface area contributed by atoms with Crippen molar-refractivity contribution in [3.8, 4) is 0 Å². The second-order valence-electron chi connectivity index (χ2n) is 10.7. The lowest BCUT2D eigenvalue weighted by Crippen LogP contribution is -2.53. The molecule has 2 amide bonds. The van der Waals surface area contributed by atoms with Crippen LogP contribution in [0, 0.1) is 0 Å². The topological polar surface area (TPSA) is 256 Å². The second-order valence-corrected chi connectivity index (χ2v) is 10.7. The SMILES string of the molecule is CC(O)c1nc(C2(C(N)=O)CC(F)C2)n2nc(Nc3cc4c(cn3)n(C(O)(O)O)c(=O)n4C3CCON(C=O)C3)ccc12.CO. The Bertz CT molecular complexity index is 1810. The summed E-state index contributed by atoms with van der Waals surface area (Å²) in [5.74, 6) is -0.368. The van der Waals surface area contributed by atoms with Gasteiger partial charge in [-0.05, 0) is 25.5 Å². The Morgan fingerprint density at radius 1 is 1.22 bits per heavy atom. The first kappa shape index (κ1) is 31.9. The minimum absolute atomic E-state index is 0.0303. The van der Waals surface area contributed by atoms with E-state index in [1.807, 2.05) is 0 Å². The van der Waals surface area contributed by atoms with Crippen molar-refractivity contribution in [2.75, 3.05) is 25.6 Å². The molecule has 242 valence electrons. The van der Waals surface area contributed by atoms with E-state index in [9.17, 15) is 39.2 Å². The summed E-state index contributed by atoms with van der Waals surface area (Å²) < 4.78 is 16.9. The molecule has 0 aromatic carbocycles. The molecule has 0 radical (unpaired) electrons. The predicted molar refractivity (Wildman–Crippen MR) is 151 cm³/mol. The van der Waals surface area contributed by atoms with E-state index in [0.717, 1.165) is 18.4 Å². The largest absolute Gasteiger partial charge is 0.400 e. The van der Waals surface area contributed by atoms with E-state index in [1.165, 1.54) is 22.1 Å². The number of fused-ring (bicyclic) bond motifs is 2. The molecule has 1 aliphatic carbocycles. The Labute approximate surface area is 252 Å². The van der Waals surface area contributed by atoms with E-state index in [4.69, 9.17) is 15.7 Å². The number of aliphatic hydroxyl groups is 5. The molecule has 6 rings (SSSR count). The summed E-state index contributed by atoms with van der Waals surface area (Å²) in [6.07, 6.45) is -4.31. The van der Waals surface area contributed by atoms with Crippen molar-refractivity contribution in [3.63, 3.8) is 0 Å². The molecule has 1 saturated heterocycles. The van der Waals surface area contributed by atoms with Crippen LogP contribution in [0.4, 0.5) is 16.0 Å². The van der Waals surface area contributed by atoms with Gasteiger partial charge in [-0.15, -0.1) is 5.10 Å². The lowest BCUT2D eigenvalue weighted by molar-refractivity contribution is -0.374. The van der Waals surface area contributed by atoms with Crippen LogP contribution >= 0.6 is 0 Å². The van der Waals surface area contributed by atoms with E-state index in [2.05, 4.69) is 20.4 Å². The van der Waals surface area contributed by atoms with Crippen LogP contribution in [0.25, 0.3) is 16.6 Å². The predicted octanol–water partition coefficient (Wildman–Crippen LogP) is -1.62. The summed E-state index contributed by atoms with van der Waals surface area (Å²) in [7, 11) is 1.00. The van der Waals surface area contributed by atoms with Crippen LogP contribution in [0.5, 0.6) is 0 Å². The molecule has 4 aromatic rings. The van der Waals surface area contributed by atoms with Gasteiger partial charge in [-0.2, -0.15) is 0 Å². The van der Waals surface area contributed by atoms with Gasteiger partial charge in [0.1, 0.15) is 23.2 Å². The van der Waals surface area contributed by atoms with Gasteiger partial charge < -0.3 is 36.6 Å². The van der Waals surface area contributed by atoms with Gasteiger partial charge in [0, 0.05) is 26.0 Å². The normalized spacial score (nSPS) is 22.4. The Balaban J connectivity index is 0.00000196. The number of hydroxylamine groups is 2. The number of amides is 2. The van der Waals surface area contributed by atoms with Gasteiger partial charge in [-0.25, -0.2) is 33.3 Å². The van der Waals surface area contributed by atoms with Crippen molar-refractivity contribution >= 4 is 40.5 Å². The molecule has 5 heterocycles. The van der Waals surface area contributed by atoms with E-state index >= 15 is 0 Å². The number of pyridine rings is 1. The van der Waals surface area contributed by atoms with E-state index in [-0.39, 0.29) is 60.2 Å². The van der Waals surface area contributed by atoms with Crippen LogP contribution in [0.3, 0.4) is 0 Å². The lowest BCUT2D eigenvalue weighted by Gasteiger charge is -2.39.